The highest BCUT2D eigenvalue weighted by atomic mass is 35.5. The van der Waals surface area contributed by atoms with Gasteiger partial charge in [0.05, 0.1) is 23.3 Å². The van der Waals surface area contributed by atoms with Gasteiger partial charge in [0.1, 0.15) is 0 Å². The summed E-state index contributed by atoms with van der Waals surface area (Å²) in [4.78, 5) is 19.7. The molecule has 3 aromatic rings. The molecule has 0 aliphatic heterocycles. The Kier molecular flexibility index (Phi) is 9.17. The Morgan fingerprint density at radius 3 is 2.64 bits per heavy atom. The Hall–Kier alpha value is -2.87. The van der Waals surface area contributed by atoms with Crippen LogP contribution in [0.15, 0.2) is 61.1 Å². The predicted molar refractivity (Wildman–Crippen MR) is 113 cm³/mol. The van der Waals surface area contributed by atoms with Gasteiger partial charge in [-0.05, 0) is 24.6 Å². The van der Waals surface area contributed by atoms with Crippen molar-refractivity contribution >= 4 is 48.3 Å². The molecule has 0 saturated carbocycles. The van der Waals surface area contributed by atoms with Gasteiger partial charge in [-0.25, -0.2) is 15.4 Å². The van der Waals surface area contributed by atoms with Crippen LogP contribution in [-0.4, -0.2) is 25.6 Å². The first-order valence-corrected chi connectivity index (χ1v) is 8.06. The minimum Gasteiger partial charge on any atom is -0.348 e. The van der Waals surface area contributed by atoms with Gasteiger partial charge in [0.25, 0.3) is 5.91 Å². The summed E-state index contributed by atoms with van der Waals surface area (Å²) in [6, 6.07) is 12.2. The fourth-order valence-corrected chi connectivity index (χ4v) is 2.44. The maximum atomic E-state index is 11.0. The summed E-state index contributed by atoms with van der Waals surface area (Å²) in [6.07, 6.45) is 8.22. The van der Waals surface area contributed by atoms with Crippen molar-refractivity contribution in [1.82, 2.24) is 20.0 Å². The molecule has 0 bridgehead atoms. The first-order chi connectivity index (χ1) is 12.6. The minimum absolute atomic E-state index is 0. The van der Waals surface area contributed by atoms with Gasteiger partial charge < -0.3 is 9.88 Å². The van der Waals surface area contributed by atoms with E-state index in [4.69, 9.17) is 5.21 Å². The summed E-state index contributed by atoms with van der Waals surface area (Å²) in [5.41, 5.74) is 4.90. The molecular formula is C19H21Cl2N5O2. The Bertz CT molecular complexity index is 929. The van der Waals surface area contributed by atoms with Gasteiger partial charge in [-0.15, -0.1) is 24.8 Å². The van der Waals surface area contributed by atoms with Gasteiger partial charge >= 0.3 is 0 Å². The van der Waals surface area contributed by atoms with Crippen molar-refractivity contribution in [3.8, 4) is 0 Å². The fraction of sp³-hybridized carbons (Fsp3) is 0.105. The number of halogens is 2. The molecule has 0 unspecified atom stereocenters. The van der Waals surface area contributed by atoms with Crippen LogP contribution < -0.4 is 10.8 Å². The molecule has 0 spiro atoms. The van der Waals surface area contributed by atoms with E-state index in [1.807, 2.05) is 43.6 Å². The van der Waals surface area contributed by atoms with Crippen LogP contribution >= 0.6 is 24.8 Å². The zero-order chi connectivity index (χ0) is 18.4. The van der Waals surface area contributed by atoms with Gasteiger partial charge in [0.15, 0.2) is 5.82 Å². The van der Waals surface area contributed by atoms with E-state index in [0.29, 0.717) is 17.2 Å². The van der Waals surface area contributed by atoms with Gasteiger partial charge in [-0.1, -0.05) is 30.3 Å². The third-order valence-electron chi connectivity index (χ3n) is 3.70. The first-order valence-electron chi connectivity index (χ1n) is 8.06. The van der Waals surface area contributed by atoms with Crippen molar-refractivity contribution in [3.05, 3.63) is 78.0 Å². The summed E-state index contributed by atoms with van der Waals surface area (Å²) in [6.45, 7) is 2.63. The van der Waals surface area contributed by atoms with Crippen LogP contribution in [0.3, 0.4) is 0 Å². The summed E-state index contributed by atoms with van der Waals surface area (Å²) in [5, 5.41) is 11.7. The molecule has 2 heterocycles. The second-order valence-corrected chi connectivity index (χ2v) is 5.72. The Labute approximate surface area is 175 Å². The molecule has 3 rings (SSSR count). The molecule has 0 aliphatic carbocycles. The molecule has 3 N–H and O–H groups in total. The van der Waals surface area contributed by atoms with Gasteiger partial charge in [0.2, 0.25) is 0 Å². The average Bonchev–Trinajstić information content (AvgIpc) is 3.09. The van der Waals surface area contributed by atoms with E-state index in [1.165, 1.54) is 23.2 Å². The number of benzene rings is 1. The second kappa shape index (κ2) is 11.1. The first kappa shape index (κ1) is 23.2. The highest BCUT2D eigenvalue weighted by Crippen LogP contribution is 2.18. The number of rotatable bonds is 6. The quantitative estimate of drug-likeness (QED) is 0.320. The lowest BCUT2D eigenvalue weighted by molar-refractivity contribution is -0.124. The number of carbonyl (C=O) groups is 1. The second-order valence-electron chi connectivity index (χ2n) is 5.72. The van der Waals surface area contributed by atoms with E-state index < -0.39 is 5.91 Å². The highest BCUT2D eigenvalue weighted by molar-refractivity contribution is 5.90. The Balaban J connectivity index is 0.00000196. The van der Waals surface area contributed by atoms with Crippen LogP contribution in [-0.2, 0) is 11.3 Å². The van der Waals surface area contributed by atoms with Crippen LogP contribution in [0.2, 0.25) is 0 Å². The number of anilines is 2. The number of nitrogens with one attached hydrogen (secondary N) is 2. The smallest absolute Gasteiger partial charge is 0.267 e. The van der Waals surface area contributed by atoms with Crippen LogP contribution in [0.1, 0.15) is 17.0 Å². The number of hydrogen-bond donors (Lipinski definition) is 3. The van der Waals surface area contributed by atoms with Crippen LogP contribution in [0, 0.1) is 6.92 Å². The van der Waals surface area contributed by atoms with Gasteiger partial charge in [-0.2, -0.15) is 0 Å². The van der Waals surface area contributed by atoms with Crippen molar-refractivity contribution < 1.29 is 10.0 Å². The molecule has 0 saturated heterocycles. The molecule has 9 heteroatoms. The monoisotopic (exact) mass is 421 g/mol. The standard InChI is InChI=1S/C19H19N5O2.2ClH/c1-14-19(20-11-16(21-14)7-8-18(25)23-26)22-17-9-10-24(13-17)12-15-5-3-2-4-6-15;;/h2-11,13,26H,12H2,1H3,(H,20,22)(H,23,25);2*1H. The van der Waals surface area contributed by atoms with Crippen molar-refractivity contribution in [2.75, 3.05) is 5.32 Å². The minimum atomic E-state index is -0.619. The molecule has 2 aromatic heterocycles. The largest absolute Gasteiger partial charge is 0.348 e. The van der Waals surface area contributed by atoms with Crippen molar-refractivity contribution in [3.63, 3.8) is 0 Å². The normalized spacial score (nSPS) is 10.1. The molecule has 7 nitrogen and oxygen atoms in total. The highest BCUT2D eigenvalue weighted by Gasteiger charge is 2.05. The van der Waals surface area contributed by atoms with E-state index in [0.717, 1.165) is 12.2 Å². The Morgan fingerprint density at radius 1 is 1.21 bits per heavy atom. The third-order valence-corrected chi connectivity index (χ3v) is 3.70. The number of carbonyl (C=O) groups excluding carboxylic acids is 1. The molecule has 0 fully saturated rings. The molecular weight excluding hydrogens is 401 g/mol. The summed E-state index contributed by atoms with van der Waals surface area (Å²) in [7, 11) is 0. The topological polar surface area (TPSA) is 92.1 Å². The molecule has 0 radical (unpaired) electrons. The molecule has 148 valence electrons. The lowest BCUT2D eigenvalue weighted by atomic mass is 10.2. The summed E-state index contributed by atoms with van der Waals surface area (Å²) in [5.74, 6) is 0.0256. The molecule has 1 amide bonds. The average molecular weight is 422 g/mol. The van der Waals surface area contributed by atoms with Crippen LogP contribution in [0.25, 0.3) is 6.08 Å². The van der Waals surface area contributed by atoms with Crippen molar-refractivity contribution in [1.29, 1.82) is 0 Å². The number of aromatic nitrogens is 3. The summed E-state index contributed by atoms with van der Waals surface area (Å²) >= 11 is 0. The fourth-order valence-electron chi connectivity index (χ4n) is 2.44. The zero-order valence-corrected chi connectivity index (χ0v) is 16.7. The molecule has 0 aliphatic rings. The number of hydrogen-bond acceptors (Lipinski definition) is 5. The van der Waals surface area contributed by atoms with E-state index in [1.54, 1.807) is 6.20 Å². The van der Waals surface area contributed by atoms with Crippen LogP contribution in [0.4, 0.5) is 11.5 Å². The van der Waals surface area contributed by atoms with Gasteiger partial charge in [-0.3, -0.25) is 10.0 Å². The number of amides is 1. The third kappa shape index (κ3) is 6.38. The van der Waals surface area contributed by atoms with Gasteiger partial charge in [0, 0.05) is 25.0 Å². The van der Waals surface area contributed by atoms with E-state index in [2.05, 4.69) is 32.0 Å². The number of nitrogens with zero attached hydrogens (tertiary/aromatic N) is 3. The lowest BCUT2D eigenvalue weighted by Gasteiger charge is -2.07. The van der Waals surface area contributed by atoms with Crippen molar-refractivity contribution in [2.24, 2.45) is 0 Å². The van der Waals surface area contributed by atoms with E-state index in [9.17, 15) is 4.79 Å². The maximum absolute atomic E-state index is 11.0. The SMILES string of the molecule is Cc1nc(C=CC(=O)NO)cnc1Nc1ccn(Cc2ccccc2)c1.Cl.Cl. The number of hydroxylamine groups is 1. The molecule has 1 aromatic carbocycles. The predicted octanol–water partition coefficient (Wildman–Crippen LogP) is 3.74. The maximum Gasteiger partial charge on any atom is 0.267 e. The zero-order valence-electron chi connectivity index (χ0n) is 15.1. The summed E-state index contributed by atoms with van der Waals surface area (Å²) < 4.78 is 2.09. The number of aryl methyl sites for hydroxylation is 1. The molecule has 0 atom stereocenters. The van der Waals surface area contributed by atoms with Crippen LogP contribution in [0.5, 0.6) is 0 Å². The lowest BCUT2D eigenvalue weighted by Crippen LogP contribution is -2.14. The molecule has 28 heavy (non-hydrogen) atoms. The van der Waals surface area contributed by atoms with Crippen molar-refractivity contribution in [2.45, 2.75) is 13.5 Å². The van der Waals surface area contributed by atoms with E-state index >= 15 is 0 Å². The Morgan fingerprint density at radius 2 is 1.96 bits per heavy atom. The van der Waals surface area contributed by atoms with E-state index in [-0.39, 0.29) is 24.8 Å².